The number of urea groups is 1. The molecule has 8 heteroatoms. The van der Waals surface area contributed by atoms with Gasteiger partial charge < -0.3 is 5.32 Å². The van der Waals surface area contributed by atoms with Gasteiger partial charge in [0.15, 0.2) is 0 Å². The number of nitrogens with one attached hydrogen (secondary N) is 3. The Morgan fingerprint density at radius 2 is 1.96 bits per heavy atom. The fourth-order valence-electron chi connectivity index (χ4n) is 2.00. The highest BCUT2D eigenvalue weighted by atomic mass is 35.5. The molecule has 0 unspecified atom stereocenters. The average Bonchev–Trinajstić information content (AvgIpc) is 2.47. The summed E-state index contributed by atoms with van der Waals surface area (Å²) in [5, 5.41) is 5.15. The van der Waals surface area contributed by atoms with E-state index in [0.29, 0.717) is 31.0 Å². The molecule has 0 spiro atoms. The van der Waals surface area contributed by atoms with E-state index in [1.807, 2.05) is 0 Å². The fourth-order valence-corrected chi connectivity index (χ4v) is 2.14. The lowest BCUT2D eigenvalue weighted by atomic mass is 10.1. The number of rotatable bonds is 10. The molecule has 2 amide bonds. The Labute approximate surface area is 140 Å². The molecule has 0 bridgehead atoms. The second-order valence-corrected chi connectivity index (χ2v) is 5.64. The van der Waals surface area contributed by atoms with Gasteiger partial charge in [-0.3, -0.25) is 19.9 Å². The normalized spacial score (nSPS) is 10.3. The molecule has 1 heterocycles. The summed E-state index contributed by atoms with van der Waals surface area (Å²) < 4.78 is 0. The van der Waals surface area contributed by atoms with Gasteiger partial charge >= 0.3 is 6.03 Å². The van der Waals surface area contributed by atoms with Gasteiger partial charge in [0.25, 0.3) is 5.56 Å². The van der Waals surface area contributed by atoms with Crippen LogP contribution < -0.4 is 16.2 Å². The number of ketones is 1. The number of halogens is 1. The fraction of sp³-hybridized carbons (Fsp3) is 0.600. The summed E-state index contributed by atoms with van der Waals surface area (Å²) in [5.41, 5.74) is 0.217. The van der Waals surface area contributed by atoms with E-state index in [1.54, 1.807) is 6.92 Å². The summed E-state index contributed by atoms with van der Waals surface area (Å²) in [6.07, 6.45) is 4.32. The van der Waals surface area contributed by atoms with Crippen LogP contribution in [0.5, 0.6) is 0 Å². The van der Waals surface area contributed by atoms with Crippen LogP contribution in [0.4, 0.5) is 10.7 Å². The van der Waals surface area contributed by atoms with E-state index in [9.17, 15) is 14.4 Å². The van der Waals surface area contributed by atoms with Crippen molar-refractivity contribution in [1.82, 2.24) is 15.3 Å². The van der Waals surface area contributed by atoms with Crippen molar-refractivity contribution < 1.29 is 9.59 Å². The molecule has 0 radical (unpaired) electrons. The number of nitrogens with zero attached hydrogens (tertiary/aromatic N) is 1. The van der Waals surface area contributed by atoms with Crippen LogP contribution >= 0.6 is 11.6 Å². The Morgan fingerprint density at radius 1 is 1.22 bits per heavy atom. The minimum atomic E-state index is -0.420. The number of anilines is 1. The molecule has 3 N–H and O–H groups in total. The molecule has 1 aromatic heterocycles. The molecule has 23 heavy (non-hydrogen) atoms. The third-order valence-corrected chi connectivity index (χ3v) is 3.38. The van der Waals surface area contributed by atoms with Crippen LogP contribution in [-0.2, 0) is 4.79 Å². The first kappa shape index (κ1) is 19.2. The number of hydrogen-bond donors (Lipinski definition) is 3. The van der Waals surface area contributed by atoms with E-state index in [0.717, 1.165) is 25.7 Å². The molecule has 7 nitrogen and oxygen atoms in total. The lowest BCUT2D eigenvalue weighted by molar-refractivity contribution is -0.119. The summed E-state index contributed by atoms with van der Waals surface area (Å²) in [4.78, 5) is 40.7. The van der Waals surface area contributed by atoms with Crippen molar-refractivity contribution in [1.29, 1.82) is 0 Å². The largest absolute Gasteiger partial charge is 0.338 e. The lowest BCUT2D eigenvalue weighted by Crippen LogP contribution is -2.31. The first-order valence-electron chi connectivity index (χ1n) is 7.71. The highest BCUT2D eigenvalue weighted by Crippen LogP contribution is 2.04. The van der Waals surface area contributed by atoms with Gasteiger partial charge in [-0.2, -0.15) is 0 Å². The summed E-state index contributed by atoms with van der Waals surface area (Å²) >= 11 is 5.53. The van der Waals surface area contributed by atoms with E-state index >= 15 is 0 Å². The summed E-state index contributed by atoms with van der Waals surface area (Å²) in [5.74, 6) is 0.884. The van der Waals surface area contributed by atoms with E-state index in [1.165, 1.54) is 6.07 Å². The maximum Gasteiger partial charge on any atom is 0.321 e. The summed E-state index contributed by atoms with van der Waals surface area (Å²) in [6.45, 7) is 2.17. The smallest absolute Gasteiger partial charge is 0.321 e. The molecule has 0 aliphatic rings. The SMILES string of the molecule is Cc1cc(=O)[nH]c(NC(=O)NCCCCCC(=O)CCCCl)n1. The number of aromatic amines is 1. The number of carbonyl (C=O) groups is 2. The van der Waals surface area contributed by atoms with E-state index in [4.69, 9.17) is 11.6 Å². The predicted molar refractivity (Wildman–Crippen MR) is 90.0 cm³/mol. The Kier molecular flexibility index (Phi) is 8.97. The van der Waals surface area contributed by atoms with Crippen LogP contribution in [0, 0.1) is 6.92 Å². The van der Waals surface area contributed by atoms with Gasteiger partial charge in [0.2, 0.25) is 5.95 Å². The maximum absolute atomic E-state index is 11.6. The van der Waals surface area contributed by atoms with Crippen LogP contribution in [0.15, 0.2) is 10.9 Å². The second kappa shape index (κ2) is 10.8. The molecule has 0 saturated heterocycles. The van der Waals surface area contributed by atoms with E-state index < -0.39 is 6.03 Å². The molecular formula is C15H23ClN4O3. The molecule has 0 aromatic carbocycles. The molecule has 1 aromatic rings. The molecule has 0 aliphatic carbocycles. The first-order chi connectivity index (χ1) is 11.0. The molecule has 0 atom stereocenters. The minimum absolute atomic E-state index is 0.123. The number of Topliss-reactive ketones (excluding diaryl/α,β-unsaturated/α-hetero) is 1. The zero-order chi connectivity index (χ0) is 17.1. The van der Waals surface area contributed by atoms with E-state index in [-0.39, 0.29) is 17.3 Å². The molecule has 0 saturated carbocycles. The number of aryl methyl sites for hydroxylation is 1. The van der Waals surface area contributed by atoms with E-state index in [2.05, 4.69) is 20.6 Å². The van der Waals surface area contributed by atoms with Gasteiger partial charge in [0.05, 0.1) is 0 Å². The van der Waals surface area contributed by atoms with Crippen LogP contribution in [0.2, 0.25) is 0 Å². The van der Waals surface area contributed by atoms with Crippen LogP contribution in [0.1, 0.15) is 44.2 Å². The van der Waals surface area contributed by atoms with Crippen molar-refractivity contribution in [2.75, 3.05) is 17.7 Å². The minimum Gasteiger partial charge on any atom is -0.338 e. The lowest BCUT2D eigenvalue weighted by Gasteiger charge is -2.07. The predicted octanol–water partition coefficient (Wildman–Crippen LogP) is 2.35. The second-order valence-electron chi connectivity index (χ2n) is 5.26. The van der Waals surface area contributed by atoms with Gasteiger partial charge in [-0.15, -0.1) is 11.6 Å². The Balaban J connectivity index is 2.12. The van der Waals surface area contributed by atoms with Gasteiger partial charge in [-0.05, 0) is 26.2 Å². The number of H-pyrrole nitrogens is 1. The quantitative estimate of drug-likeness (QED) is 0.448. The number of alkyl halides is 1. The number of aromatic nitrogens is 2. The van der Waals surface area contributed by atoms with Crippen molar-refractivity contribution in [3.8, 4) is 0 Å². The highest BCUT2D eigenvalue weighted by Gasteiger charge is 2.04. The van der Waals surface area contributed by atoms with Crippen molar-refractivity contribution >= 4 is 29.4 Å². The molecule has 1 rings (SSSR count). The monoisotopic (exact) mass is 342 g/mol. The molecule has 0 fully saturated rings. The number of hydrogen-bond acceptors (Lipinski definition) is 4. The third-order valence-electron chi connectivity index (χ3n) is 3.11. The number of unbranched alkanes of at least 4 members (excludes halogenated alkanes) is 2. The zero-order valence-electron chi connectivity index (χ0n) is 13.3. The Hall–Kier alpha value is -1.89. The third kappa shape index (κ3) is 8.97. The highest BCUT2D eigenvalue weighted by molar-refractivity contribution is 6.17. The van der Waals surface area contributed by atoms with Gasteiger partial charge in [0.1, 0.15) is 5.78 Å². The van der Waals surface area contributed by atoms with Gasteiger partial charge in [0, 0.05) is 37.0 Å². The van der Waals surface area contributed by atoms with Crippen LogP contribution in [0.3, 0.4) is 0 Å². The van der Waals surface area contributed by atoms with Crippen molar-refractivity contribution in [2.45, 2.75) is 45.4 Å². The standard InChI is InChI=1S/C15H23ClN4O3/c1-11-10-13(22)19-14(18-11)20-15(23)17-9-4-2-3-6-12(21)7-5-8-16/h10H,2-9H2,1H3,(H3,17,18,19,20,22,23). The topological polar surface area (TPSA) is 104 Å². The van der Waals surface area contributed by atoms with Crippen molar-refractivity contribution in [3.05, 3.63) is 22.1 Å². The van der Waals surface area contributed by atoms with Crippen LogP contribution in [0.25, 0.3) is 0 Å². The summed E-state index contributed by atoms with van der Waals surface area (Å²) in [6, 6.07) is 0.925. The maximum atomic E-state index is 11.6. The van der Waals surface area contributed by atoms with Crippen molar-refractivity contribution in [3.63, 3.8) is 0 Å². The molecule has 128 valence electrons. The average molecular weight is 343 g/mol. The summed E-state index contributed by atoms with van der Waals surface area (Å²) in [7, 11) is 0. The van der Waals surface area contributed by atoms with Gasteiger partial charge in [-0.25, -0.2) is 9.78 Å². The van der Waals surface area contributed by atoms with Gasteiger partial charge in [-0.1, -0.05) is 6.42 Å². The molecular weight excluding hydrogens is 320 g/mol. The van der Waals surface area contributed by atoms with Crippen molar-refractivity contribution in [2.24, 2.45) is 0 Å². The van der Waals surface area contributed by atoms with Crippen LogP contribution in [-0.4, -0.2) is 34.2 Å². The zero-order valence-corrected chi connectivity index (χ0v) is 14.0. The molecule has 0 aliphatic heterocycles. The first-order valence-corrected chi connectivity index (χ1v) is 8.25. The number of amides is 2. The Morgan fingerprint density at radius 3 is 2.65 bits per heavy atom. The number of carbonyl (C=O) groups excluding carboxylic acids is 2. The Bertz CT molecular complexity index is 574.